The quantitative estimate of drug-likeness (QED) is 0.651. The van der Waals surface area contributed by atoms with Gasteiger partial charge in [-0.1, -0.05) is 18.2 Å². The largest absolute Gasteiger partial charge is 0.375 e. The lowest BCUT2D eigenvalue weighted by atomic mass is 10.1. The maximum atomic E-state index is 11.0. The lowest BCUT2D eigenvalue weighted by Crippen LogP contribution is -2.11. The first kappa shape index (κ1) is 14.5. The van der Waals surface area contributed by atoms with Gasteiger partial charge in [0.05, 0.1) is 4.92 Å². The van der Waals surface area contributed by atoms with Crippen LogP contribution in [0.1, 0.15) is 21.5 Å². The first-order valence-corrected chi connectivity index (χ1v) is 6.35. The fourth-order valence-corrected chi connectivity index (χ4v) is 1.93. The number of nitro groups is 1. The van der Waals surface area contributed by atoms with Gasteiger partial charge in [0.15, 0.2) is 0 Å². The number of nitrogens with one attached hydrogen (secondary N) is 1. The van der Waals surface area contributed by atoms with Gasteiger partial charge in [0.2, 0.25) is 5.91 Å². The number of aryl methyl sites for hydroxylation is 1. The number of hydrogen-bond donors (Lipinski definition) is 2. The molecule has 1 amide bonds. The van der Waals surface area contributed by atoms with Gasteiger partial charge in [0.1, 0.15) is 5.69 Å². The Bertz CT molecular complexity index is 681. The first-order chi connectivity index (χ1) is 9.97. The fourth-order valence-electron chi connectivity index (χ4n) is 1.93. The zero-order chi connectivity index (χ0) is 15.4. The number of rotatable bonds is 5. The number of nitrogens with zero attached hydrogens (tertiary/aromatic N) is 1. The summed E-state index contributed by atoms with van der Waals surface area (Å²) in [6.45, 7) is 2.22. The predicted octanol–water partition coefficient (Wildman–Crippen LogP) is 2.61. The summed E-state index contributed by atoms with van der Waals surface area (Å²) in [6, 6.07) is 11.8. The van der Waals surface area contributed by atoms with Gasteiger partial charge in [0, 0.05) is 18.2 Å². The molecule has 2 aromatic carbocycles. The van der Waals surface area contributed by atoms with Gasteiger partial charge in [0.25, 0.3) is 5.69 Å². The molecule has 21 heavy (non-hydrogen) atoms. The molecule has 0 aliphatic rings. The molecule has 0 heterocycles. The van der Waals surface area contributed by atoms with Crippen molar-refractivity contribution in [3.63, 3.8) is 0 Å². The van der Waals surface area contributed by atoms with Crippen molar-refractivity contribution in [1.29, 1.82) is 0 Å². The second-order valence-electron chi connectivity index (χ2n) is 4.69. The van der Waals surface area contributed by atoms with Crippen LogP contribution in [0.4, 0.5) is 11.4 Å². The van der Waals surface area contributed by atoms with Gasteiger partial charge >= 0.3 is 0 Å². The molecule has 0 unspecified atom stereocenters. The Labute approximate surface area is 121 Å². The highest BCUT2D eigenvalue weighted by atomic mass is 16.6. The molecular weight excluding hydrogens is 270 g/mol. The van der Waals surface area contributed by atoms with Gasteiger partial charge in [-0.05, 0) is 36.2 Å². The van der Waals surface area contributed by atoms with Crippen molar-refractivity contribution in [3.05, 3.63) is 69.3 Å². The minimum Gasteiger partial charge on any atom is -0.375 e. The summed E-state index contributed by atoms with van der Waals surface area (Å²) in [5, 5.41) is 14.0. The van der Waals surface area contributed by atoms with Gasteiger partial charge in [-0.25, -0.2) is 0 Å². The molecule has 0 aliphatic heterocycles. The molecule has 108 valence electrons. The Morgan fingerprint density at radius 2 is 1.90 bits per heavy atom. The molecule has 3 N–H and O–H groups in total. The summed E-state index contributed by atoms with van der Waals surface area (Å²) in [7, 11) is 0. The fraction of sp³-hybridized carbons (Fsp3) is 0.133. The molecule has 0 aliphatic carbocycles. The van der Waals surface area contributed by atoms with Crippen LogP contribution in [0.15, 0.2) is 42.5 Å². The summed E-state index contributed by atoms with van der Waals surface area (Å²) < 4.78 is 0. The molecule has 0 aromatic heterocycles. The molecule has 6 nitrogen and oxygen atoms in total. The molecule has 2 rings (SSSR count). The number of anilines is 1. The van der Waals surface area contributed by atoms with Crippen LogP contribution in [-0.2, 0) is 6.54 Å². The minimum atomic E-state index is -0.483. The average molecular weight is 285 g/mol. The van der Waals surface area contributed by atoms with Crippen LogP contribution in [-0.4, -0.2) is 10.8 Å². The van der Waals surface area contributed by atoms with Crippen LogP contribution in [0, 0.1) is 17.0 Å². The molecule has 0 saturated heterocycles. The van der Waals surface area contributed by atoms with Crippen LogP contribution >= 0.6 is 0 Å². The first-order valence-electron chi connectivity index (χ1n) is 6.35. The third kappa shape index (κ3) is 3.56. The van der Waals surface area contributed by atoms with E-state index in [0.29, 0.717) is 17.8 Å². The van der Waals surface area contributed by atoms with Gasteiger partial charge < -0.3 is 11.1 Å². The number of nitrogens with two attached hydrogens (primary N) is 1. The summed E-state index contributed by atoms with van der Waals surface area (Å²) in [5.74, 6) is -0.483. The third-order valence-electron chi connectivity index (χ3n) is 3.07. The predicted molar refractivity (Wildman–Crippen MR) is 80.1 cm³/mol. The van der Waals surface area contributed by atoms with Crippen molar-refractivity contribution in [2.45, 2.75) is 13.5 Å². The lowest BCUT2D eigenvalue weighted by molar-refractivity contribution is -0.384. The van der Waals surface area contributed by atoms with Gasteiger partial charge in [-0.2, -0.15) is 0 Å². The highest BCUT2D eigenvalue weighted by Gasteiger charge is 2.13. The third-order valence-corrected chi connectivity index (χ3v) is 3.07. The van der Waals surface area contributed by atoms with E-state index in [9.17, 15) is 14.9 Å². The van der Waals surface area contributed by atoms with Crippen molar-refractivity contribution in [2.75, 3.05) is 5.32 Å². The van der Waals surface area contributed by atoms with Crippen molar-refractivity contribution in [3.8, 4) is 0 Å². The highest BCUT2D eigenvalue weighted by molar-refractivity contribution is 5.92. The van der Waals surface area contributed by atoms with E-state index in [2.05, 4.69) is 5.32 Å². The maximum Gasteiger partial charge on any atom is 0.292 e. The van der Waals surface area contributed by atoms with E-state index in [1.165, 1.54) is 6.07 Å². The lowest BCUT2D eigenvalue weighted by Gasteiger charge is -2.08. The van der Waals surface area contributed by atoms with Crippen LogP contribution in [0.2, 0.25) is 0 Å². The highest BCUT2D eigenvalue weighted by Crippen LogP contribution is 2.25. The second kappa shape index (κ2) is 6.04. The number of carbonyl (C=O) groups excluding carboxylic acids is 1. The van der Waals surface area contributed by atoms with E-state index in [-0.39, 0.29) is 5.69 Å². The Kier molecular flexibility index (Phi) is 4.18. The van der Waals surface area contributed by atoms with Crippen LogP contribution < -0.4 is 11.1 Å². The molecule has 0 atom stereocenters. The van der Waals surface area contributed by atoms with Crippen molar-refractivity contribution >= 4 is 17.3 Å². The van der Waals surface area contributed by atoms with Gasteiger partial charge in [-0.3, -0.25) is 14.9 Å². The van der Waals surface area contributed by atoms with Crippen LogP contribution in [0.25, 0.3) is 0 Å². The van der Waals surface area contributed by atoms with E-state index in [4.69, 9.17) is 5.73 Å². The average Bonchev–Trinajstić information content (AvgIpc) is 2.46. The number of primary amides is 1. The maximum absolute atomic E-state index is 11.0. The standard InChI is InChI=1S/C15H15N3O3/c1-10-2-7-13(14(8-10)18(20)21)17-9-11-3-5-12(6-4-11)15(16)19/h2-8,17H,9H2,1H3,(H2,16,19). The zero-order valence-corrected chi connectivity index (χ0v) is 11.5. The van der Waals surface area contributed by atoms with E-state index < -0.39 is 10.8 Å². The SMILES string of the molecule is Cc1ccc(NCc2ccc(C(N)=O)cc2)c([N+](=O)[O-])c1. The van der Waals surface area contributed by atoms with E-state index >= 15 is 0 Å². The van der Waals surface area contributed by atoms with Gasteiger partial charge in [-0.15, -0.1) is 0 Å². The van der Waals surface area contributed by atoms with Crippen LogP contribution in [0.5, 0.6) is 0 Å². The summed E-state index contributed by atoms with van der Waals surface area (Å²) >= 11 is 0. The number of nitro benzene ring substituents is 1. The minimum absolute atomic E-state index is 0.0451. The van der Waals surface area contributed by atoms with Crippen molar-refractivity contribution in [2.24, 2.45) is 5.73 Å². The van der Waals surface area contributed by atoms with Crippen molar-refractivity contribution in [1.82, 2.24) is 0 Å². The molecule has 0 radical (unpaired) electrons. The summed E-state index contributed by atoms with van der Waals surface area (Å²) in [5.41, 5.74) is 7.83. The Morgan fingerprint density at radius 3 is 2.48 bits per heavy atom. The smallest absolute Gasteiger partial charge is 0.292 e. The second-order valence-corrected chi connectivity index (χ2v) is 4.69. The van der Waals surface area contributed by atoms with Crippen molar-refractivity contribution < 1.29 is 9.72 Å². The van der Waals surface area contributed by atoms with E-state index in [1.54, 1.807) is 37.3 Å². The monoisotopic (exact) mass is 285 g/mol. The topological polar surface area (TPSA) is 98.3 Å². The Hall–Kier alpha value is -2.89. The molecule has 6 heteroatoms. The molecule has 2 aromatic rings. The number of amides is 1. The molecule has 0 fully saturated rings. The molecule has 0 saturated carbocycles. The Morgan fingerprint density at radius 1 is 1.24 bits per heavy atom. The zero-order valence-electron chi connectivity index (χ0n) is 11.5. The summed E-state index contributed by atoms with van der Waals surface area (Å²) in [6.07, 6.45) is 0. The van der Waals surface area contributed by atoms with E-state index in [1.807, 2.05) is 6.07 Å². The molecular formula is C15H15N3O3. The number of carbonyl (C=O) groups is 1. The van der Waals surface area contributed by atoms with Crippen LogP contribution in [0.3, 0.4) is 0 Å². The normalized spacial score (nSPS) is 10.1. The number of benzene rings is 2. The van der Waals surface area contributed by atoms with E-state index in [0.717, 1.165) is 11.1 Å². The molecule has 0 bridgehead atoms. The summed E-state index contributed by atoms with van der Waals surface area (Å²) in [4.78, 5) is 21.6. The molecule has 0 spiro atoms. The number of hydrogen-bond acceptors (Lipinski definition) is 4. The Balaban J connectivity index is 2.13.